The van der Waals surface area contributed by atoms with Crippen molar-refractivity contribution in [3.05, 3.63) is 54.6 Å². The molecule has 1 fully saturated rings. The summed E-state index contributed by atoms with van der Waals surface area (Å²) >= 11 is 0. The molecule has 0 bridgehead atoms. The van der Waals surface area contributed by atoms with Gasteiger partial charge in [0.2, 0.25) is 11.8 Å². The van der Waals surface area contributed by atoms with Gasteiger partial charge in [-0.15, -0.1) is 0 Å². The minimum absolute atomic E-state index is 0.00672. The maximum atomic E-state index is 12.3. The van der Waals surface area contributed by atoms with Crippen LogP contribution >= 0.6 is 0 Å². The molecule has 5 heteroatoms. The van der Waals surface area contributed by atoms with Crippen LogP contribution in [0.4, 0.5) is 17.1 Å². The molecule has 1 aliphatic heterocycles. The first-order valence-corrected chi connectivity index (χ1v) is 8.61. The first-order chi connectivity index (χ1) is 12.1. The van der Waals surface area contributed by atoms with Crippen molar-refractivity contribution in [3.8, 4) is 0 Å². The molecule has 1 saturated heterocycles. The highest BCUT2D eigenvalue weighted by molar-refractivity contribution is 6.01. The molecule has 0 atom stereocenters. The van der Waals surface area contributed by atoms with Crippen molar-refractivity contribution < 1.29 is 9.59 Å². The third-order valence-electron chi connectivity index (χ3n) is 4.37. The van der Waals surface area contributed by atoms with Crippen molar-refractivity contribution in [1.29, 1.82) is 0 Å². The van der Waals surface area contributed by atoms with Crippen LogP contribution in [0.3, 0.4) is 0 Å². The van der Waals surface area contributed by atoms with Crippen molar-refractivity contribution >= 4 is 28.9 Å². The fourth-order valence-electron chi connectivity index (χ4n) is 3.07. The van der Waals surface area contributed by atoms with Gasteiger partial charge in [0.1, 0.15) is 6.54 Å². The van der Waals surface area contributed by atoms with E-state index >= 15 is 0 Å². The fourth-order valence-corrected chi connectivity index (χ4v) is 3.07. The summed E-state index contributed by atoms with van der Waals surface area (Å²) in [6, 6.07) is 17.1. The largest absolute Gasteiger partial charge is 0.372 e. The zero-order chi connectivity index (χ0) is 17.6. The highest BCUT2D eigenvalue weighted by atomic mass is 16.2. The zero-order valence-electron chi connectivity index (χ0n) is 14.4. The van der Waals surface area contributed by atoms with Crippen LogP contribution in [-0.2, 0) is 9.59 Å². The number of hydrogen-bond acceptors (Lipinski definition) is 3. The van der Waals surface area contributed by atoms with E-state index in [9.17, 15) is 9.59 Å². The minimum atomic E-state index is -0.215. The van der Waals surface area contributed by atoms with Crippen molar-refractivity contribution in [1.82, 2.24) is 0 Å². The number of nitrogens with one attached hydrogen (secondary N) is 1. The third kappa shape index (κ3) is 4.38. The predicted octanol–water partition coefficient (Wildman–Crippen LogP) is 3.28. The second-order valence-electron chi connectivity index (χ2n) is 6.23. The van der Waals surface area contributed by atoms with Crippen molar-refractivity contribution in [2.45, 2.75) is 19.8 Å². The molecular weight excluding hydrogens is 314 g/mol. The molecule has 1 N–H and O–H groups in total. The number of anilines is 3. The van der Waals surface area contributed by atoms with E-state index in [4.69, 9.17) is 0 Å². The van der Waals surface area contributed by atoms with Crippen molar-refractivity contribution in [2.24, 2.45) is 0 Å². The number of nitrogens with zero attached hydrogens (tertiary/aromatic N) is 2. The molecule has 0 spiro atoms. The fraction of sp³-hybridized carbons (Fsp3) is 0.300. The lowest BCUT2D eigenvalue weighted by atomic mass is 10.2. The average Bonchev–Trinajstić information content (AvgIpc) is 3.15. The molecule has 25 heavy (non-hydrogen) atoms. The SMILES string of the molecule is CC(=O)N(CC(=O)Nc1ccc(N2CCCC2)cc1)c1ccccc1. The monoisotopic (exact) mass is 337 g/mol. The van der Waals surface area contributed by atoms with Crippen molar-refractivity contribution in [3.63, 3.8) is 0 Å². The summed E-state index contributed by atoms with van der Waals surface area (Å²) in [4.78, 5) is 28.0. The molecule has 0 aliphatic carbocycles. The maximum absolute atomic E-state index is 12.3. The maximum Gasteiger partial charge on any atom is 0.244 e. The van der Waals surface area contributed by atoms with Gasteiger partial charge in [-0.2, -0.15) is 0 Å². The second kappa shape index (κ2) is 7.83. The first kappa shape index (κ1) is 17.0. The molecule has 0 aromatic heterocycles. The Balaban J connectivity index is 1.62. The highest BCUT2D eigenvalue weighted by Gasteiger charge is 2.16. The number of para-hydroxylation sites is 1. The molecule has 2 aromatic rings. The lowest BCUT2D eigenvalue weighted by molar-refractivity contribution is -0.120. The van der Waals surface area contributed by atoms with Crippen LogP contribution in [0.15, 0.2) is 54.6 Å². The summed E-state index contributed by atoms with van der Waals surface area (Å²) in [7, 11) is 0. The Hall–Kier alpha value is -2.82. The number of benzene rings is 2. The Morgan fingerprint density at radius 1 is 1.00 bits per heavy atom. The topological polar surface area (TPSA) is 52.7 Å². The standard InChI is InChI=1S/C20H23N3O2/c1-16(24)23(19-7-3-2-4-8-19)15-20(25)21-17-9-11-18(12-10-17)22-13-5-6-14-22/h2-4,7-12H,5-6,13-15H2,1H3,(H,21,25). The van der Waals surface area contributed by atoms with Crippen LogP contribution in [0.1, 0.15) is 19.8 Å². The van der Waals surface area contributed by atoms with Crippen LogP contribution in [0.5, 0.6) is 0 Å². The summed E-state index contributed by atoms with van der Waals surface area (Å²) < 4.78 is 0. The molecule has 0 saturated carbocycles. The molecule has 0 unspecified atom stereocenters. The van der Waals surface area contributed by atoms with Gasteiger partial charge in [0.05, 0.1) is 0 Å². The van der Waals surface area contributed by atoms with Gasteiger partial charge >= 0.3 is 0 Å². The molecule has 2 amide bonds. The third-order valence-corrected chi connectivity index (χ3v) is 4.37. The van der Waals surface area contributed by atoms with E-state index in [-0.39, 0.29) is 18.4 Å². The zero-order valence-corrected chi connectivity index (χ0v) is 14.4. The Kier molecular flexibility index (Phi) is 5.33. The van der Waals surface area contributed by atoms with E-state index in [2.05, 4.69) is 10.2 Å². The van der Waals surface area contributed by atoms with E-state index in [0.717, 1.165) is 24.5 Å². The number of carbonyl (C=O) groups is 2. The Morgan fingerprint density at radius 3 is 2.24 bits per heavy atom. The van der Waals surface area contributed by atoms with Gasteiger partial charge in [0.25, 0.3) is 0 Å². The van der Waals surface area contributed by atoms with E-state index in [1.165, 1.54) is 30.4 Å². The first-order valence-electron chi connectivity index (χ1n) is 8.61. The molecule has 1 heterocycles. The van der Waals surface area contributed by atoms with Crippen LogP contribution in [0.2, 0.25) is 0 Å². The van der Waals surface area contributed by atoms with Gasteiger partial charge in [-0.25, -0.2) is 0 Å². The smallest absolute Gasteiger partial charge is 0.244 e. The van der Waals surface area contributed by atoms with Crippen molar-refractivity contribution in [2.75, 3.05) is 34.8 Å². The summed E-state index contributed by atoms with van der Waals surface area (Å²) in [5.41, 5.74) is 2.64. The molecule has 2 aromatic carbocycles. The molecular formula is C20H23N3O2. The molecule has 3 rings (SSSR count). The second-order valence-corrected chi connectivity index (χ2v) is 6.23. The van der Waals surface area contributed by atoms with E-state index < -0.39 is 0 Å². The minimum Gasteiger partial charge on any atom is -0.372 e. The number of rotatable bonds is 5. The predicted molar refractivity (Wildman–Crippen MR) is 101 cm³/mol. The van der Waals surface area contributed by atoms with E-state index in [1.54, 1.807) is 0 Å². The number of hydrogen-bond donors (Lipinski definition) is 1. The summed E-state index contributed by atoms with van der Waals surface area (Å²) in [5, 5.41) is 2.86. The highest BCUT2D eigenvalue weighted by Crippen LogP contribution is 2.22. The molecule has 1 aliphatic rings. The van der Waals surface area contributed by atoms with Gasteiger partial charge in [-0.3, -0.25) is 9.59 Å². The number of carbonyl (C=O) groups excluding carboxylic acids is 2. The number of amides is 2. The average molecular weight is 337 g/mol. The Labute approximate surface area is 148 Å². The quantitative estimate of drug-likeness (QED) is 0.911. The molecule has 0 radical (unpaired) electrons. The van der Waals surface area contributed by atoms with Gasteiger partial charge in [-0.1, -0.05) is 18.2 Å². The van der Waals surface area contributed by atoms with Crippen LogP contribution in [-0.4, -0.2) is 31.4 Å². The molecule has 130 valence electrons. The summed E-state index contributed by atoms with van der Waals surface area (Å²) in [6.07, 6.45) is 2.47. The van der Waals surface area contributed by atoms with Crippen LogP contribution in [0, 0.1) is 0 Å². The Bertz CT molecular complexity index is 722. The summed E-state index contributed by atoms with van der Waals surface area (Å²) in [6.45, 7) is 3.64. The van der Waals surface area contributed by atoms with Crippen LogP contribution < -0.4 is 15.1 Å². The van der Waals surface area contributed by atoms with Gasteiger partial charge in [0.15, 0.2) is 0 Å². The Morgan fingerprint density at radius 2 is 1.64 bits per heavy atom. The summed E-state index contributed by atoms with van der Waals surface area (Å²) in [5.74, 6) is -0.376. The lowest BCUT2D eigenvalue weighted by Gasteiger charge is -2.21. The normalized spacial score (nSPS) is 13.6. The van der Waals surface area contributed by atoms with E-state index in [0.29, 0.717) is 0 Å². The lowest BCUT2D eigenvalue weighted by Crippen LogP contribution is -2.36. The van der Waals surface area contributed by atoms with Gasteiger partial charge < -0.3 is 15.1 Å². The molecule has 5 nitrogen and oxygen atoms in total. The van der Waals surface area contributed by atoms with Gasteiger partial charge in [-0.05, 0) is 49.2 Å². The van der Waals surface area contributed by atoms with E-state index in [1.807, 2.05) is 54.6 Å². The van der Waals surface area contributed by atoms with Gasteiger partial charge in [0, 0.05) is 37.1 Å². The van der Waals surface area contributed by atoms with Crippen LogP contribution in [0.25, 0.3) is 0 Å².